The van der Waals surface area contributed by atoms with Crippen molar-refractivity contribution in [2.24, 2.45) is 0 Å². The van der Waals surface area contributed by atoms with Crippen LogP contribution in [-0.2, 0) is 0 Å². The summed E-state index contributed by atoms with van der Waals surface area (Å²) in [5.41, 5.74) is 3.53. The first-order valence-corrected chi connectivity index (χ1v) is 5.41. The number of fused-ring (bicyclic) bond motifs is 3. The number of H-pyrrole nitrogens is 1. The lowest BCUT2D eigenvalue weighted by Crippen LogP contribution is -1.70. The van der Waals surface area contributed by atoms with E-state index in [-0.39, 0.29) is 0 Å². The van der Waals surface area contributed by atoms with Gasteiger partial charge in [-0.05, 0) is 26.0 Å². The van der Waals surface area contributed by atoms with E-state index in [0.29, 0.717) is 0 Å². The lowest BCUT2D eigenvalue weighted by molar-refractivity contribution is 1.31. The number of aromatic amines is 1. The Morgan fingerprint density at radius 3 is 3.00 bits per heavy atom. The lowest BCUT2D eigenvalue weighted by Gasteiger charge is -1.89. The highest BCUT2D eigenvalue weighted by molar-refractivity contribution is 7.19. The topological polar surface area (TPSA) is 28.7 Å². The maximum atomic E-state index is 4.47. The molecule has 0 bridgehead atoms. The Morgan fingerprint density at radius 2 is 2.14 bits per heavy atom. The molecule has 1 aromatic carbocycles. The number of hydrogen-bond donors (Lipinski definition) is 1. The predicted octanol–water partition coefficient (Wildman–Crippen LogP) is 3.39. The molecule has 2 heterocycles. The third-order valence-electron chi connectivity index (χ3n) is 2.39. The number of rotatable bonds is 0. The van der Waals surface area contributed by atoms with Gasteiger partial charge in [-0.1, -0.05) is 6.07 Å². The van der Waals surface area contributed by atoms with Crippen molar-refractivity contribution >= 4 is 32.5 Å². The highest BCUT2D eigenvalue weighted by Crippen LogP contribution is 2.29. The van der Waals surface area contributed by atoms with Crippen LogP contribution < -0.4 is 0 Å². The second kappa shape index (κ2) is 2.58. The van der Waals surface area contributed by atoms with E-state index in [9.17, 15) is 0 Å². The smallest absolute Gasteiger partial charge is 0.0908 e. The average Bonchev–Trinajstić information content (AvgIpc) is 2.65. The van der Waals surface area contributed by atoms with Crippen molar-refractivity contribution in [3.8, 4) is 0 Å². The summed E-state index contributed by atoms with van der Waals surface area (Å²) < 4.78 is 1.27. The fraction of sp³-hybridized carbons (Fsp3) is 0.182. The van der Waals surface area contributed by atoms with Crippen molar-refractivity contribution < 1.29 is 0 Å². The summed E-state index contributed by atoms with van der Waals surface area (Å²) in [6.07, 6.45) is 0. The Bertz CT molecular complexity index is 563. The molecule has 3 heteroatoms. The zero-order valence-corrected chi connectivity index (χ0v) is 8.90. The van der Waals surface area contributed by atoms with E-state index >= 15 is 0 Å². The second-order valence-electron chi connectivity index (χ2n) is 3.56. The molecular formula is C11H10N2S. The highest BCUT2D eigenvalue weighted by Gasteiger charge is 2.06. The number of nitrogens with zero attached hydrogens (tertiary/aromatic N) is 1. The van der Waals surface area contributed by atoms with Crippen molar-refractivity contribution in [3.05, 3.63) is 28.9 Å². The van der Waals surface area contributed by atoms with Crippen LogP contribution in [0.15, 0.2) is 18.2 Å². The Balaban J connectivity index is 2.58. The van der Waals surface area contributed by atoms with Gasteiger partial charge in [0.1, 0.15) is 0 Å². The Labute approximate surface area is 85.6 Å². The molecule has 0 fully saturated rings. The van der Waals surface area contributed by atoms with Crippen molar-refractivity contribution in [1.29, 1.82) is 0 Å². The van der Waals surface area contributed by atoms with Gasteiger partial charge in [0, 0.05) is 11.1 Å². The molecule has 0 radical (unpaired) electrons. The van der Waals surface area contributed by atoms with Crippen LogP contribution in [0.2, 0.25) is 0 Å². The Kier molecular flexibility index (Phi) is 1.47. The summed E-state index contributed by atoms with van der Waals surface area (Å²) in [6, 6.07) is 6.39. The highest BCUT2D eigenvalue weighted by atomic mass is 32.1. The fourth-order valence-electron chi connectivity index (χ4n) is 1.83. The zero-order chi connectivity index (χ0) is 9.71. The minimum atomic E-state index is 1.10. The summed E-state index contributed by atoms with van der Waals surface area (Å²) in [7, 11) is 0. The number of aryl methyl sites for hydroxylation is 2. The maximum absolute atomic E-state index is 4.47. The molecule has 70 valence electrons. The predicted molar refractivity (Wildman–Crippen MR) is 61.0 cm³/mol. The molecule has 0 unspecified atom stereocenters. The van der Waals surface area contributed by atoms with E-state index in [4.69, 9.17) is 0 Å². The molecule has 0 saturated heterocycles. The maximum Gasteiger partial charge on any atom is 0.0908 e. The molecule has 0 atom stereocenters. The standard InChI is InChI=1S/C11H10N2S/c1-6-5-8-3-4-9-11(10(8)12-6)14-7(2)13-9/h3-5,12H,1-2H3. The van der Waals surface area contributed by atoms with Gasteiger partial charge in [0.25, 0.3) is 0 Å². The van der Waals surface area contributed by atoms with Crippen molar-refractivity contribution in [1.82, 2.24) is 9.97 Å². The molecule has 0 aliphatic carbocycles. The first-order chi connectivity index (χ1) is 6.74. The molecule has 3 aromatic rings. The van der Waals surface area contributed by atoms with Crippen LogP contribution in [-0.4, -0.2) is 9.97 Å². The fourth-order valence-corrected chi connectivity index (χ4v) is 2.76. The van der Waals surface area contributed by atoms with Gasteiger partial charge in [-0.15, -0.1) is 11.3 Å². The molecule has 0 aliphatic heterocycles. The molecule has 0 aliphatic rings. The minimum Gasteiger partial charge on any atom is -0.357 e. The normalized spacial score (nSPS) is 11.6. The first kappa shape index (κ1) is 8.00. The monoisotopic (exact) mass is 202 g/mol. The van der Waals surface area contributed by atoms with E-state index in [2.05, 4.69) is 35.1 Å². The molecule has 0 amide bonds. The summed E-state index contributed by atoms with van der Waals surface area (Å²) in [6.45, 7) is 4.13. The molecule has 0 saturated carbocycles. The van der Waals surface area contributed by atoms with Gasteiger partial charge in [-0.3, -0.25) is 0 Å². The summed E-state index contributed by atoms with van der Waals surface area (Å²) in [4.78, 5) is 7.86. The van der Waals surface area contributed by atoms with Crippen molar-refractivity contribution in [2.45, 2.75) is 13.8 Å². The van der Waals surface area contributed by atoms with Gasteiger partial charge in [-0.25, -0.2) is 4.98 Å². The number of aromatic nitrogens is 2. The van der Waals surface area contributed by atoms with Crippen molar-refractivity contribution in [3.63, 3.8) is 0 Å². The molecule has 0 spiro atoms. The van der Waals surface area contributed by atoms with Crippen LogP contribution in [0.5, 0.6) is 0 Å². The van der Waals surface area contributed by atoms with Gasteiger partial charge in [-0.2, -0.15) is 0 Å². The number of hydrogen-bond acceptors (Lipinski definition) is 2. The number of nitrogens with one attached hydrogen (secondary N) is 1. The zero-order valence-electron chi connectivity index (χ0n) is 8.09. The molecule has 3 rings (SSSR count). The van der Waals surface area contributed by atoms with E-state index in [1.807, 2.05) is 6.92 Å². The Hall–Kier alpha value is -1.35. The number of benzene rings is 1. The molecule has 2 aromatic heterocycles. The third-order valence-corrected chi connectivity index (χ3v) is 3.40. The lowest BCUT2D eigenvalue weighted by atomic mass is 10.2. The van der Waals surface area contributed by atoms with E-state index in [0.717, 1.165) is 10.5 Å². The minimum absolute atomic E-state index is 1.10. The van der Waals surface area contributed by atoms with Gasteiger partial charge < -0.3 is 4.98 Å². The van der Waals surface area contributed by atoms with Crippen molar-refractivity contribution in [2.75, 3.05) is 0 Å². The van der Waals surface area contributed by atoms with Gasteiger partial charge >= 0.3 is 0 Å². The van der Waals surface area contributed by atoms with E-state index in [1.54, 1.807) is 11.3 Å². The van der Waals surface area contributed by atoms with Crippen LogP contribution in [0.4, 0.5) is 0 Å². The van der Waals surface area contributed by atoms with Crippen LogP contribution in [0.25, 0.3) is 21.1 Å². The van der Waals surface area contributed by atoms with Gasteiger partial charge in [0.15, 0.2) is 0 Å². The summed E-state index contributed by atoms with van der Waals surface area (Å²) in [5.74, 6) is 0. The molecule has 2 nitrogen and oxygen atoms in total. The molecule has 14 heavy (non-hydrogen) atoms. The van der Waals surface area contributed by atoms with Crippen LogP contribution in [0, 0.1) is 13.8 Å². The molecular weight excluding hydrogens is 192 g/mol. The molecule has 1 N–H and O–H groups in total. The largest absolute Gasteiger partial charge is 0.357 e. The SMILES string of the molecule is Cc1cc2ccc3nc(C)sc3c2[nH]1. The average molecular weight is 202 g/mol. The summed E-state index contributed by atoms with van der Waals surface area (Å²) >= 11 is 1.75. The van der Waals surface area contributed by atoms with E-state index < -0.39 is 0 Å². The summed E-state index contributed by atoms with van der Waals surface area (Å²) in [5, 5.41) is 2.40. The van der Waals surface area contributed by atoms with E-state index in [1.165, 1.54) is 21.3 Å². The van der Waals surface area contributed by atoms with Gasteiger partial charge in [0.05, 0.1) is 20.7 Å². The quantitative estimate of drug-likeness (QED) is 0.594. The second-order valence-corrected chi connectivity index (χ2v) is 4.77. The third kappa shape index (κ3) is 0.990. The van der Waals surface area contributed by atoms with Crippen LogP contribution in [0.1, 0.15) is 10.7 Å². The first-order valence-electron chi connectivity index (χ1n) is 4.59. The van der Waals surface area contributed by atoms with Crippen LogP contribution >= 0.6 is 11.3 Å². The Morgan fingerprint density at radius 1 is 1.29 bits per heavy atom. The van der Waals surface area contributed by atoms with Crippen LogP contribution in [0.3, 0.4) is 0 Å². The number of thiazole rings is 1. The van der Waals surface area contributed by atoms with Gasteiger partial charge in [0.2, 0.25) is 0 Å².